The fourth-order valence-electron chi connectivity index (χ4n) is 2.58. The summed E-state index contributed by atoms with van der Waals surface area (Å²) in [6.07, 6.45) is 5.22. The lowest BCUT2D eigenvalue weighted by atomic mass is 9.84. The van der Waals surface area contributed by atoms with Gasteiger partial charge in [-0.1, -0.05) is 25.6 Å². The summed E-state index contributed by atoms with van der Waals surface area (Å²) in [4.78, 5) is 4.78. The molecule has 1 fully saturated rings. The second-order valence-corrected chi connectivity index (χ2v) is 8.52. The Labute approximate surface area is 120 Å². The van der Waals surface area contributed by atoms with E-state index in [-0.39, 0.29) is 0 Å². The minimum absolute atomic E-state index is 0.438. The second-order valence-electron chi connectivity index (χ2n) is 5.87. The van der Waals surface area contributed by atoms with Gasteiger partial charge in [0.15, 0.2) is 5.17 Å². The van der Waals surface area contributed by atoms with Crippen LogP contribution in [-0.2, 0) is 0 Å². The number of nitrogens with one attached hydrogen (secondary N) is 1. The van der Waals surface area contributed by atoms with Crippen molar-refractivity contribution >= 4 is 28.7 Å². The number of rotatable bonds is 4. The summed E-state index contributed by atoms with van der Waals surface area (Å²) in [7, 11) is 0. The first-order valence-corrected chi connectivity index (χ1v) is 9.14. The van der Waals surface area contributed by atoms with Crippen LogP contribution in [0.1, 0.15) is 46.5 Å². The fourth-order valence-corrected chi connectivity index (χ4v) is 5.09. The van der Waals surface area contributed by atoms with Gasteiger partial charge in [0, 0.05) is 23.6 Å². The summed E-state index contributed by atoms with van der Waals surface area (Å²) in [6.45, 7) is 9.07. The summed E-state index contributed by atoms with van der Waals surface area (Å²) in [5.74, 6) is 2.56. The van der Waals surface area contributed by atoms with E-state index in [0.717, 1.165) is 13.1 Å². The summed E-state index contributed by atoms with van der Waals surface area (Å²) in [6, 6.07) is 0. The largest absolute Gasteiger partial charge is 0.364 e. The standard InChI is InChI=1S/C14H26N2S2/c1-4-14(5-2)10-16-12(17-11-14)15-9-13(3)7-6-8-18-13/h4-11H2,1-3H3,(H,15,16). The Kier molecular flexibility index (Phi) is 4.92. The minimum Gasteiger partial charge on any atom is -0.364 e. The topological polar surface area (TPSA) is 24.4 Å². The Balaban J connectivity index is 1.83. The Hall–Kier alpha value is 0.170. The maximum absolute atomic E-state index is 4.78. The number of nitrogens with zero attached hydrogens (tertiary/aromatic N) is 1. The molecule has 0 aromatic heterocycles. The summed E-state index contributed by atoms with van der Waals surface area (Å²) in [5, 5.41) is 4.76. The molecule has 0 aliphatic carbocycles. The Morgan fingerprint density at radius 1 is 1.33 bits per heavy atom. The van der Waals surface area contributed by atoms with Gasteiger partial charge in [-0.3, -0.25) is 4.99 Å². The normalized spacial score (nSPS) is 31.2. The van der Waals surface area contributed by atoms with Crippen molar-refractivity contribution in [1.82, 2.24) is 5.32 Å². The first kappa shape index (κ1) is 14.6. The highest BCUT2D eigenvalue weighted by molar-refractivity contribution is 8.13. The van der Waals surface area contributed by atoms with Crippen molar-refractivity contribution in [1.29, 1.82) is 0 Å². The van der Waals surface area contributed by atoms with Gasteiger partial charge in [0.05, 0.1) is 0 Å². The molecule has 0 saturated carbocycles. The van der Waals surface area contributed by atoms with Crippen LogP contribution in [-0.4, -0.2) is 34.5 Å². The number of hydrogen-bond donors (Lipinski definition) is 1. The van der Waals surface area contributed by atoms with Crippen molar-refractivity contribution in [3.8, 4) is 0 Å². The molecule has 0 aromatic carbocycles. The highest BCUT2D eigenvalue weighted by Gasteiger charge is 2.32. The molecule has 4 heteroatoms. The first-order valence-electron chi connectivity index (χ1n) is 7.16. The number of amidine groups is 1. The number of aliphatic imine (C=N–C) groups is 1. The third-order valence-corrected chi connectivity index (χ3v) is 7.33. The van der Waals surface area contributed by atoms with Gasteiger partial charge in [-0.05, 0) is 43.8 Å². The van der Waals surface area contributed by atoms with Crippen molar-refractivity contribution in [3.63, 3.8) is 0 Å². The molecule has 1 N–H and O–H groups in total. The Morgan fingerprint density at radius 2 is 2.11 bits per heavy atom. The molecular weight excluding hydrogens is 260 g/mol. The van der Waals surface area contributed by atoms with Gasteiger partial charge in [0.25, 0.3) is 0 Å². The lowest BCUT2D eigenvalue weighted by molar-refractivity contribution is 0.318. The van der Waals surface area contributed by atoms with Gasteiger partial charge in [-0.15, -0.1) is 0 Å². The third-order valence-electron chi connectivity index (χ3n) is 4.49. The van der Waals surface area contributed by atoms with E-state index in [9.17, 15) is 0 Å². The molecular formula is C14H26N2S2. The van der Waals surface area contributed by atoms with Gasteiger partial charge < -0.3 is 5.32 Å². The molecule has 2 aliphatic heterocycles. The maximum atomic E-state index is 4.78. The zero-order valence-electron chi connectivity index (χ0n) is 11.9. The van der Waals surface area contributed by atoms with Gasteiger partial charge >= 0.3 is 0 Å². The molecule has 0 bridgehead atoms. The predicted molar refractivity (Wildman–Crippen MR) is 85.9 cm³/mol. The molecule has 2 nitrogen and oxygen atoms in total. The van der Waals surface area contributed by atoms with Crippen LogP contribution >= 0.6 is 23.5 Å². The van der Waals surface area contributed by atoms with E-state index in [4.69, 9.17) is 4.99 Å². The van der Waals surface area contributed by atoms with Crippen LogP contribution in [0.15, 0.2) is 4.99 Å². The van der Waals surface area contributed by atoms with Crippen LogP contribution in [0.4, 0.5) is 0 Å². The van der Waals surface area contributed by atoms with Crippen molar-refractivity contribution in [2.24, 2.45) is 10.4 Å². The quantitative estimate of drug-likeness (QED) is 0.851. The average molecular weight is 287 g/mol. The molecule has 2 heterocycles. The zero-order chi connectivity index (χ0) is 13.1. The first-order chi connectivity index (χ1) is 8.61. The molecule has 1 saturated heterocycles. The lowest BCUT2D eigenvalue weighted by Gasteiger charge is -2.34. The smallest absolute Gasteiger partial charge is 0.156 e. The van der Waals surface area contributed by atoms with Crippen LogP contribution < -0.4 is 5.32 Å². The average Bonchev–Trinajstić information content (AvgIpc) is 2.85. The lowest BCUT2D eigenvalue weighted by Crippen LogP contribution is -2.39. The molecule has 104 valence electrons. The summed E-state index contributed by atoms with van der Waals surface area (Å²) >= 11 is 4.05. The van der Waals surface area contributed by atoms with Crippen molar-refractivity contribution in [3.05, 3.63) is 0 Å². The van der Waals surface area contributed by atoms with Gasteiger partial charge in [0.2, 0.25) is 0 Å². The minimum atomic E-state index is 0.438. The van der Waals surface area contributed by atoms with Crippen molar-refractivity contribution in [2.75, 3.05) is 24.6 Å². The molecule has 2 aliphatic rings. The highest BCUT2D eigenvalue weighted by Crippen LogP contribution is 2.38. The molecule has 2 rings (SSSR count). The number of hydrogen-bond acceptors (Lipinski definition) is 4. The van der Waals surface area contributed by atoms with Crippen LogP contribution in [0.5, 0.6) is 0 Å². The Morgan fingerprint density at radius 3 is 2.61 bits per heavy atom. The van der Waals surface area contributed by atoms with E-state index in [2.05, 4.69) is 37.8 Å². The van der Waals surface area contributed by atoms with E-state index in [1.807, 2.05) is 11.8 Å². The SMILES string of the molecule is CCC1(CC)CN=C(NCC2(C)CCCS2)SC1. The molecule has 0 aromatic rings. The molecule has 0 amide bonds. The highest BCUT2D eigenvalue weighted by atomic mass is 32.2. The molecule has 1 atom stereocenters. The molecule has 0 radical (unpaired) electrons. The van der Waals surface area contributed by atoms with Crippen LogP contribution in [0, 0.1) is 5.41 Å². The van der Waals surface area contributed by atoms with Gasteiger partial charge in [0.1, 0.15) is 0 Å². The second kappa shape index (κ2) is 6.08. The van der Waals surface area contributed by atoms with Gasteiger partial charge in [-0.25, -0.2) is 0 Å². The van der Waals surface area contributed by atoms with E-state index >= 15 is 0 Å². The number of thioether (sulfide) groups is 2. The summed E-state index contributed by atoms with van der Waals surface area (Å²) in [5.41, 5.74) is 0.460. The van der Waals surface area contributed by atoms with E-state index in [1.54, 1.807) is 0 Å². The predicted octanol–water partition coefficient (Wildman–Crippen LogP) is 3.77. The van der Waals surface area contributed by atoms with Crippen LogP contribution in [0.3, 0.4) is 0 Å². The molecule has 0 spiro atoms. The maximum Gasteiger partial charge on any atom is 0.156 e. The zero-order valence-corrected chi connectivity index (χ0v) is 13.6. The van der Waals surface area contributed by atoms with Crippen molar-refractivity contribution in [2.45, 2.75) is 51.2 Å². The Bertz CT molecular complexity index is 305. The fraction of sp³-hybridized carbons (Fsp3) is 0.929. The van der Waals surface area contributed by atoms with E-state index in [0.29, 0.717) is 10.2 Å². The monoisotopic (exact) mass is 286 g/mol. The summed E-state index contributed by atoms with van der Waals surface area (Å²) < 4.78 is 0.438. The van der Waals surface area contributed by atoms with Crippen LogP contribution in [0.2, 0.25) is 0 Å². The van der Waals surface area contributed by atoms with E-state index < -0.39 is 0 Å². The third kappa shape index (κ3) is 3.38. The van der Waals surface area contributed by atoms with Crippen LogP contribution in [0.25, 0.3) is 0 Å². The molecule has 18 heavy (non-hydrogen) atoms. The molecule has 1 unspecified atom stereocenters. The van der Waals surface area contributed by atoms with E-state index in [1.165, 1.54) is 42.4 Å². The van der Waals surface area contributed by atoms with Gasteiger partial charge in [-0.2, -0.15) is 11.8 Å². The van der Waals surface area contributed by atoms with Crippen molar-refractivity contribution < 1.29 is 0 Å².